The first-order valence-electron chi connectivity index (χ1n) is 8.67. The second-order valence-electron chi connectivity index (χ2n) is 6.03. The van der Waals surface area contributed by atoms with Crippen LogP contribution in [0.1, 0.15) is 23.0 Å². The molecule has 3 N–H and O–H groups in total. The number of aryl methyl sites for hydroxylation is 2. The van der Waals surface area contributed by atoms with Crippen LogP contribution in [0.3, 0.4) is 0 Å². The van der Waals surface area contributed by atoms with E-state index in [0.717, 1.165) is 11.5 Å². The molecule has 2 heterocycles. The normalized spacial score (nSPS) is 10.6. The minimum atomic E-state index is -0.567. The molecule has 0 fully saturated rings. The number of aromatic nitrogens is 3. The van der Waals surface area contributed by atoms with Gasteiger partial charge in [0, 0.05) is 25.7 Å². The van der Waals surface area contributed by atoms with Crippen LogP contribution in [-0.2, 0) is 6.54 Å². The third-order valence-electron chi connectivity index (χ3n) is 4.06. The number of carbonyl (C=O) groups excluding carboxylic acids is 1. The minimum Gasteiger partial charge on any atom is -0.355 e. The van der Waals surface area contributed by atoms with E-state index in [1.54, 1.807) is 10.7 Å². The molecular formula is C19H20ClFN6O. The Morgan fingerprint density at radius 3 is 2.79 bits per heavy atom. The highest BCUT2D eigenvalue weighted by atomic mass is 35.5. The van der Waals surface area contributed by atoms with Gasteiger partial charge in [-0.1, -0.05) is 17.7 Å². The molecule has 7 nitrogen and oxygen atoms in total. The molecule has 1 amide bonds. The lowest BCUT2D eigenvalue weighted by molar-refractivity contribution is 0.0963. The fourth-order valence-electron chi connectivity index (χ4n) is 2.73. The van der Waals surface area contributed by atoms with Gasteiger partial charge < -0.3 is 16.0 Å². The molecule has 0 spiro atoms. The van der Waals surface area contributed by atoms with Crippen molar-refractivity contribution in [2.24, 2.45) is 0 Å². The summed E-state index contributed by atoms with van der Waals surface area (Å²) in [6, 6.07) is 7.81. The van der Waals surface area contributed by atoms with Gasteiger partial charge in [-0.3, -0.25) is 4.79 Å². The van der Waals surface area contributed by atoms with E-state index in [0.29, 0.717) is 18.1 Å². The number of halogens is 2. The fourth-order valence-corrected chi connectivity index (χ4v) is 2.88. The Bertz CT molecular complexity index is 1020. The highest BCUT2D eigenvalue weighted by molar-refractivity contribution is 6.33. The lowest BCUT2D eigenvalue weighted by atomic mass is 10.1. The molecule has 28 heavy (non-hydrogen) atoms. The summed E-state index contributed by atoms with van der Waals surface area (Å²) in [5, 5.41) is 13.3. The van der Waals surface area contributed by atoms with Crippen LogP contribution in [-0.4, -0.2) is 27.7 Å². The molecule has 0 saturated heterocycles. The summed E-state index contributed by atoms with van der Waals surface area (Å²) in [4.78, 5) is 16.3. The molecule has 0 atom stereocenters. The third-order valence-corrected chi connectivity index (χ3v) is 4.36. The van der Waals surface area contributed by atoms with Gasteiger partial charge in [-0.15, -0.1) is 0 Å². The largest absolute Gasteiger partial charge is 0.355 e. The Kier molecular flexibility index (Phi) is 5.79. The quantitative estimate of drug-likeness (QED) is 0.574. The molecule has 0 radical (unpaired) electrons. The number of benzene rings is 1. The zero-order valence-corrected chi connectivity index (χ0v) is 16.4. The third kappa shape index (κ3) is 4.07. The van der Waals surface area contributed by atoms with E-state index in [4.69, 9.17) is 11.6 Å². The smallest absolute Gasteiger partial charge is 0.253 e. The number of anilines is 4. The highest BCUT2D eigenvalue weighted by Gasteiger charge is 2.16. The monoisotopic (exact) mass is 402 g/mol. The Hall–Kier alpha value is -3.13. The maximum Gasteiger partial charge on any atom is 0.253 e. The molecule has 0 saturated carbocycles. The predicted octanol–water partition coefficient (Wildman–Crippen LogP) is 4.25. The number of amides is 1. The average molecular weight is 403 g/mol. The number of rotatable bonds is 6. The molecule has 0 bridgehead atoms. The van der Waals surface area contributed by atoms with E-state index in [-0.39, 0.29) is 16.3 Å². The minimum absolute atomic E-state index is 0.0374. The van der Waals surface area contributed by atoms with Crippen LogP contribution in [0, 0.1) is 12.7 Å². The standard InChI is InChI=1S/C19H20ClFN6O/c1-4-27-17(8-11(2)26-27)25-16-9-15(13(20)10-23-16)24-18-12(19(28)22-3)6-5-7-14(18)21/h5-10H,4H2,1-3H3,(H,22,28)(H2,23,24,25). The average Bonchev–Trinajstić information content (AvgIpc) is 3.04. The molecule has 1 aromatic carbocycles. The Morgan fingerprint density at radius 2 is 2.07 bits per heavy atom. The van der Waals surface area contributed by atoms with Crippen molar-refractivity contribution in [3.63, 3.8) is 0 Å². The molecule has 3 aromatic rings. The van der Waals surface area contributed by atoms with Crippen LogP contribution in [0.15, 0.2) is 36.5 Å². The first-order valence-corrected chi connectivity index (χ1v) is 9.05. The van der Waals surface area contributed by atoms with E-state index in [2.05, 4.69) is 26.0 Å². The molecule has 2 aromatic heterocycles. The number of para-hydroxylation sites is 1. The van der Waals surface area contributed by atoms with Crippen LogP contribution in [0.4, 0.5) is 27.4 Å². The summed E-state index contributed by atoms with van der Waals surface area (Å²) in [5.41, 5.74) is 1.49. The van der Waals surface area contributed by atoms with Gasteiger partial charge in [0.05, 0.1) is 33.9 Å². The van der Waals surface area contributed by atoms with Gasteiger partial charge >= 0.3 is 0 Å². The molecular weight excluding hydrogens is 383 g/mol. The number of hydrogen-bond acceptors (Lipinski definition) is 5. The van der Waals surface area contributed by atoms with E-state index < -0.39 is 11.7 Å². The van der Waals surface area contributed by atoms with E-state index in [9.17, 15) is 9.18 Å². The zero-order valence-electron chi connectivity index (χ0n) is 15.7. The first kappa shape index (κ1) is 19.6. The van der Waals surface area contributed by atoms with E-state index >= 15 is 0 Å². The van der Waals surface area contributed by atoms with Crippen molar-refractivity contribution in [1.29, 1.82) is 0 Å². The molecule has 0 unspecified atom stereocenters. The van der Waals surface area contributed by atoms with Crippen molar-refractivity contribution in [2.75, 3.05) is 17.7 Å². The topological polar surface area (TPSA) is 83.9 Å². The van der Waals surface area contributed by atoms with E-state index in [1.165, 1.54) is 31.4 Å². The lowest BCUT2D eigenvalue weighted by Crippen LogP contribution is -2.19. The molecule has 3 rings (SSSR count). The molecule has 0 aliphatic rings. The summed E-state index contributed by atoms with van der Waals surface area (Å²) in [6.45, 7) is 4.58. The summed E-state index contributed by atoms with van der Waals surface area (Å²) < 4.78 is 16.2. The summed E-state index contributed by atoms with van der Waals surface area (Å²) in [5.74, 6) is 0.299. The summed E-state index contributed by atoms with van der Waals surface area (Å²) in [6.07, 6.45) is 1.45. The van der Waals surface area contributed by atoms with Crippen LogP contribution in [0.5, 0.6) is 0 Å². The molecule has 146 valence electrons. The lowest BCUT2D eigenvalue weighted by Gasteiger charge is -2.15. The number of hydrogen-bond donors (Lipinski definition) is 3. The van der Waals surface area contributed by atoms with Crippen molar-refractivity contribution in [3.8, 4) is 0 Å². The zero-order chi connectivity index (χ0) is 20.3. The highest BCUT2D eigenvalue weighted by Crippen LogP contribution is 2.31. The van der Waals surface area contributed by atoms with Gasteiger partial charge in [0.25, 0.3) is 5.91 Å². The van der Waals surface area contributed by atoms with Gasteiger partial charge in [-0.05, 0) is 26.0 Å². The number of nitrogens with one attached hydrogen (secondary N) is 3. The van der Waals surface area contributed by atoms with Gasteiger partial charge in [-0.2, -0.15) is 5.10 Å². The van der Waals surface area contributed by atoms with Crippen molar-refractivity contribution >= 4 is 40.5 Å². The SMILES string of the molecule is CCn1nc(C)cc1Nc1cc(Nc2c(F)cccc2C(=O)NC)c(Cl)cn1. The number of pyridine rings is 1. The number of nitrogens with zero attached hydrogens (tertiary/aromatic N) is 3. The van der Waals surface area contributed by atoms with Crippen LogP contribution in [0.2, 0.25) is 5.02 Å². The fraction of sp³-hybridized carbons (Fsp3) is 0.211. The van der Waals surface area contributed by atoms with E-state index in [1.807, 2.05) is 19.9 Å². The Labute approximate surface area is 166 Å². The number of carbonyl (C=O) groups is 1. The Balaban J connectivity index is 1.94. The first-order chi connectivity index (χ1) is 13.4. The van der Waals surface area contributed by atoms with Gasteiger partial charge in [0.2, 0.25) is 0 Å². The van der Waals surface area contributed by atoms with Crippen LogP contribution in [0.25, 0.3) is 0 Å². The second kappa shape index (κ2) is 8.26. The second-order valence-corrected chi connectivity index (χ2v) is 6.43. The maximum absolute atomic E-state index is 14.4. The van der Waals surface area contributed by atoms with Gasteiger partial charge in [0.15, 0.2) is 0 Å². The predicted molar refractivity (Wildman–Crippen MR) is 108 cm³/mol. The van der Waals surface area contributed by atoms with Crippen LogP contribution < -0.4 is 16.0 Å². The van der Waals surface area contributed by atoms with Crippen molar-refractivity contribution in [1.82, 2.24) is 20.1 Å². The Morgan fingerprint density at radius 1 is 1.29 bits per heavy atom. The van der Waals surface area contributed by atoms with Gasteiger partial charge in [-0.25, -0.2) is 14.1 Å². The molecule has 0 aliphatic carbocycles. The van der Waals surface area contributed by atoms with Crippen molar-refractivity contribution in [2.45, 2.75) is 20.4 Å². The van der Waals surface area contributed by atoms with Crippen molar-refractivity contribution < 1.29 is 9.18 Å². The van der Waals surface area contributed by atoms with Crippen LogP contribution >= 0.6 is 11.6 Å². The molecule has 9 heteroatoms. The van der Waals surface area contributed by atoms with Gasteiger partial charge in [0.1, 0.15) is 17.5 Å². The maximum atomic E-state index is 14.4. The summed E-state index contributed by atoms with van der Waals surface area (Å²) in [7, 11) is 1.48. The molecule has 0 aliphatic heterocycles. The summed E-state index contributed by atoms with van der Waals surface area (Å²) >= 11 is 6.24. The van der Waals surface area contributed by atoms with Crippen molar-refractivity contribution in [3.05, 3.63) is 58.6 Å².